The minimum Gasteiger partial charge on any atom is -0.493 e. The smallest absolute Gasteiger partial charge is 0.203 e. The van der Waals surface area contributed by atoms with Gasteiger partial charge in [-0.15, -0.1) is 0 Å². The maximum Gasteiger partial charge on any atom is 0.203 e. The van der Waals surface area contributed by atoms with Crippen molar-refractivity contribution >= 4 is 0 Å². The Morgan fingerprint density at radius 2 is 1.65 bits per heavy atom. The van der Waals surface area contributed by atoms with Crippen LogP contribution < -0.4 is 19.9 Å². The molecule has 0 saturated heterocycles. The Labute approximate surface area is 121 Å². The molecule has 0 aromatic heterocycles. The van der Waals surface area contributed by atoms with E-state index < -0.39 is 0 Å². The van der Waals surface area contributed by atoms with Gasteiger partial charge in [0.1, 0.15) is 6.61 Å². The van der Waals surface area contributed by atoms with Gasteiger partial charge in [0.05, 0.1) is 20.8 Å². The lowest BCUT2D eigenvalue weighted by Crippen LogP contribution is -2.09. The first-order chi connectivity index (χ1) is 9.76. The summed E-state index contributed by atoms with van der Waals surface area (Å²) in [5.41, 5.74) is 6.64. The van der Waals surface area contributed by atoms with Crippen molar-refractivity contribution in [3.05, 3.63) is 17.7 Å². The first kappa shape index (κ1) is 16.6. The van der Waals surface area contributed by atoms with E-state index in [1.807, 2.05) is 12.1 Å². The monoisotopic (exact) mass is 283 g/mol. The molecule has 0 saturated carbocycles. The average Bonchev–Trinajstić information content (AvgIpc) is 2.47. The van der Waals surface area contributed by atoms with Gasteiger partial charge in [-0.3, -0.25) is 0 Å². The molecule has 20 heavy (non-hydrogen) atoms. The lowest BCUT2D eigenvalue weighted by Gasteiger charge is -2.16. The van der Waals surface area contributed by atoms with Gasteiger partial charge in [-0.2, -0.15) is 0 Å². The van der Waals surface area contributed by atoms with Crippen molar-refractivity contribution in [1.29, 1.82) is 0 Å². The summed E-state index contributed by atoms with van der Waals surface area (Å²) in [5, 5.41) is 0. The second-order valence-corrected chi connectivity index (χ2v) is 4.33. The normalized spacial score (nSPS) is 10.4. The molecule has 0 fully saturated rings. The minimum atomic E-state index is 0.461. The van der Waals surface area contributed by atoms with Gasteiger partial charge < -0.3 is 24.7 Å². The van der Waals surface area contributed by atoms with Crippen molar-refractivity contribution in [3.63, 3.8) is 0 Å². The van der Waals surface area contributed by atoms with Crippen molar-refractivity contribution < 1.29 is 18.9 Å². The molecule has 0 amide bonds. The van der Waals surface area contributed by atoms with E-state index >= 15 is 0 Å². The SMILES string of the molecule is CCCOCCOc1c(OC)cc(CCN)cc1OC. The number of benzene rings is 1. The Morgan fingerprint density at radius 1 is 1.00 bits per heavy atom. The van der Waals surface area contributed by atoms with E-state index in [1.54, 1.807) is 14.2 Å². The summed E-state index contributed by atoms with van der Waals surface area (Å²) < 4.78 is 21.8. The molecule has 1 aromatic carbocycles. The lowest BCUT2D eigenvalue weighted by atomic mass is 10.1. The number of ether oxygens (including phenoxy) is 4. The highest BCUT2D eigenvalue weighted by Gasteiger charge is 2.13. The van der Waals surface area contributed by atoms with E-state index in [0.717, 1.165) is 25.0 Å². The van der Waals surface area contributed by atoms with Crippen molar-refractivity contribution in [2.75, 3.05) is 40.6 Å². The maximum absolute atomic E-state index is 5.72. The fraction of sp³-hybridized carbons (Fsp3) is 0.600. The summed E-state index contributed by atoms with van der Waals surface area (Å²) >= 11 is 0. The quantitative estimate of drug-likeness (QED) is 0.666. The molecule has 1 aromatic rings. The van der Waals surface area contributed by atoms with Gasteiger partial charge in [-0.1, -0.05) is 6.92 Å². The molecule has 114 valence electrons. The van der Waals surface area contributed by atoms with Gasteiger partial charge in [0, 0.05) is 6.61 Å². The summed E-state index contributed by atoms with van der Waals surface area (Å²) in [5.74, 6) is 1.92. The van der Waals surface area contributed by atoms with Crippen molar-refractivity contribution in [1.82, 2.24) is 0 Å². The standard InChI is InChI=1S/C15H25NO4/c1-4-7-19-8-9-20-15-13(17-2)10-12(5-6-16)11-14(15)18-3/h10-11H,4-9,16H2,1-3H3. The summed E-state index contributed by atoms with van der Waals surface area (Å²) in [4.78, 5) is 0. The highest BCUT2D eigenvalue weighted by Crippen LogP contribution is 2.38. The Balaban J connectivity index is 2.76. The van der Waals surface area contributed by atoms with Gasteiger partial charge in [0.25, 0.3) is 0 Å². The molecule has 0 atom stereocenters. The molecular weight excluding hydrogens is 258 g/mol. The zero-order valence-corrected chi connectivity index (χ0v) is 12.6. The van der Waals surface area contributed by atoms with E-state index in [2.05, 4.69) is 6.92 Å². The van der Waals surface area contributed by atoms with Gasteiger partial charge in [-0.25, -0.2) is 0 Å². The van der Waals surface area contributed by atoms with Crippen LogP contribution >= 0.6 is 0 Å². The lowest BCUT2D eigenvalue weighted by molar-refractivity contribution is 0.0983. The Kier molecular flexibility index (Phi) is 7.84. The molecular formula is C15H25NO4. The van der Waals surface area contributed by atoms with E-state index in [-0.39, 0.29) is 0 Å². The molecule has 2 N–H and O–H groups in total. The van der Waals surface area contributed by atoms with Crippen LogP contribution in [0.1, 0.15) is 18.9 Å². The highest BCUT2D eigenvalue weighted by molar-refractivity contribution is 5.54. The van der Waals surface area contributed by atoms with Gasteiger partial charge in [0.2, 0.25) is 5.75 Å². The van der Waals surface area contributed by atoms with Crippen LogP contribution in [0.2, 0.25) is 0 Å². The molecule has 0 aliphatic carbocycles. The Bertz CT molecular complexity index is 370. The summed E-state index contributed by atoms with van der Waals surface area (Å²) in [7, 11) is 3.23. The van der Waals surface area contributed by atoms with E-state index in [0.29, 0.717) is 37.0 Å². The average molecular weight is 283 g/mol. The Hall–Kier alpha value is -1.46. The second kappa shape index (κ2) is 9.44. The van der Waals surface area contributed by atoms with Crippen molar-refractivity contribution in [2.45, 2.75) is 19.8 Å². The molecule has 0 unspecified atom stereocenters. The largest absolute Gasteiger partial charge is 0.493 e. The minimum absolute atomic E-state index is 0.461. The number of hydrogen-bond donors (Lipinski definition) is 1. The molecule has 0 aliphatic heterocycles. The van der Waals surface area contributed by atoms with Crippen LogP contribution in [-0.2, 0) is 11.2 Å². The molecule has 0 bridgehead atoms. The third-order valence-corrected chi connectivity index (χ3v) is 2.78. The van der Waals surface area contributed by atoms with Crippen LogP contribution in [-0.4, -0.2) is 40.6 Å². The van der Waals surface area contributed by atoms with Crippen LogP contribution in [0.15, 0.2) is 12.1 Å². The predicted octanol–water partition coefficient (Wildman–Crippen LogP) is 2.01. The number of nitrogens with two attached hydrogens (primary N) is 1. The second-order valence-electron chi connectivity index (χ2n) is 4.33. The zero-order chi connectivity index (χ0) is 14.8. The van der Waals surface area contributed by atoms with Crippen LogP contribution in [0.5, 0.6) is 17.2 Å². The molecule has 5 nitrogen and oxygen atoms in total. The highest BCUT2D eigenvalue weighted by atomic mass is 16.6. The molecule has 0 radical (unpaired) electrons. The third-order valence-electron chi connectivity index (χ3n) is 2.78. The van der Waals surface area contributed by atoms with E-state index in [9.17, 15) is 0 Å². The summed E-state index contributed by atoms with van der Waals surface area (Å²) in [6.07, 6.45) is 1.77. The first-order valence-electron chi connectivity index (χ1n) is 6.92. The van der Waals surface area contributed by atoms with Crippen molar-refractivity contribution in [3.8, 4) is 17.2 Å². The molecule has 0 heterocycles. The van der Waals surface area contributed by atoms with Crippen LogP contribution in [0.4, 0.5) is 0 Å². The van der Waals surface area contributed by atoms with Crippen LogP contribution in [0.3, 0.4) is 0 Å². The van der Waals surface area contributed by atoms with E-state index in [1.165, 1.54) is 0 Å². The first-order valence-corrected chi connectivity index (χ1v) is 6.92. The molecule has 0 spiro atoms. The zero-order valence-electron chi connectivity index (χ0n) is 12.6. The van der Waals surface area contributed by atoms with Gasteiger partial charge >= 0.3 is 0 Å². The number of methoxy groups -OCH3 is 2. The predicted molar refractivity (Wildman–Crippen MR) is 78.9 cm³/mol. The van der Waals surface area contributed by atoms with Crippen LogP contribution in [0, 0.1) is 0 Å². The van der Waals surface area contributed by atoms with Crippen molar-refractivity contribution in [2.24, 2.45) is 5.73 Å². The van der Waals surface area contributed by atoms with E-state index in [4.69, 9.17) is 24.7 Å². The number of hydrogen-bond acceptors (Lipinski definition) is 5. The molecule has 0 aliphatic rings. The number of rotatable bonds is 10. The fourth-order valence-electron chi connectivity index (χ4n) is 1.84. The topological polar surface area (TPSA) is 62.9 Å². The maximum atomic E-state index is 5.72. The Morgan fingerprint density at radius 3 is 2.15 bits per heavy atom. The van der Waals surface area contributed by atoms with Gasteiger partial charge in [0.15, 0.2) is 11.5 Å². The third kappa shape index (κ3) is 4.90. The summed E-state index contributed by atoms with van der Waals surface area (Å²) in [6, 6.07) is 3.86. The molecule has 1 rings (SSSR count). The molecule has 5 heteroatoms. The van der Waals surface area contributed by atoms with Gasteiger partial charge in [-0.05, 0) is 37.1 Å². The summed E-state index contributed by atoms with van der Waals surface area (Å²) in [6.45, 7) is 4.40. The fourth-order valence-corrected chi connectivity index (χ4v) is 1.84. The van der Waals surface area contributed by atoms with Crippen LogP contribution in [0.25, 0.3) is 0 Å².